The van der Waals surface area contributed by atoms with E-state index >= 15 is 0 Å². The number of carbonyl (C=O) groups excluding carboxylic acids is 1. The number of rotatable bonds is 4. The van der Waals surface area contributed by atoms with E-state index in [1.165, 1.54) is 6.07 Å². The molecule has 5 heteroatoms. The number of ether oxygens (including phenoxy) is 1. The molecule has 0 aromatic heterocycles. The Labute approximate surface area is 111 Å². The van der Waals surface area contributed by atoms with E-state index in [9.17, 15) is 9.18 Å². The van der Waals surface area contributed by atoms with Gasteiger partial charge in [0.1, 0.15) is 11.9 Å². The fraction of sp³-hybridized carbons (Fsp3) is 0.500. The Bertz CT molecular complexity index is 464. The van der Waals surface area contributed by atoms with Crippen LogP contribution in [0.1, 0.15) is 24.5 Å². The van der Waals surface area contributed by atoms with Gasteiger partial charge in [0.05, 0.1) is 6.61 Å². The van der Waals surface area contributed by atoms with E-state index in [1.54, 1.807) is 12.1 Å². The molecule has 2 atom stereocenters. The molecule has 1 heterocycles. The molecular weight excluding hydrogens is 249 g/mol. The maximum absolute atomic E-state index is 13.2. The van der Waals surface area contributed by atoms with Gasteiger partial charge in [0.2, 0.25) is 5.91 Å². The summed E-state index contributed by atoms with van der Waals surface area (Å²) in [5.74, 6) is -0.355. The highest BCUT2D eigenvalue weighted by molar-refractivity contribution is 5.81. The van der Waals surface area contributed by atoms with E-state index in [1.807, 2.05) is 6.92 Å². The van der Waals surface area contributed by atoms with Crippen LogP contribution in [-0.4, -0.2) is 23.7 Å². The molecule has 4 nitrogen and oxygen atoms in total. The summed E-state index contributed by atoms with van der Waals surface area (Å²) >= 11 is 0. The smallest absolute Gasteiger partial charge is 0.249 e. The monoisotopic (exact) mass is 267 g/mol. The van der Waals surface area contributed by atoms with Crippen LogP contribution in [0.15, 0.2) is 18.2 Å². The van der Waals surface area contributed by atoms with Crippen molar-refractivity contribution in [1.29, 1.82) is 0 Å². The molecule has 1 saturated heterocycles. The van der Waals surface area contributed by atoms with Gasteiger partial charge in [-0.3, -0.25) is 4.79 Å². The highest BCUT2D eigenvalue weighted by Crippen LogP contribution is 2.20. The lowest BCUT2D eigenvalue weighted by atomic mass is 10.0. The normalized spacial score (nSPS) is 22.5. The summed E-state index contributed by atoms with van der Waals surface area (Å²) in [6, 6.07) is 4.43. The summed E-state index contributed by atoms with van der Waals surface area (Å²) in [5.41, 5.74) is 0.988. The minimum absolute atomic E-state index is 0.139. The maximum atomic E-state index is 13.2. The molecule has 2 unspecified atom stereocenters. The van der Waals surface area contributed by atoms with Gasteiger partial charge in [-0.05, 0) is 30.0 Å². The zero-order valence-corrected chi connectivity index (χ0v) is 10.9. The van der Waals surface area contributed by atoms with Crippen LogP contribution in [-0.2, 0) is 22.7 Å². The molecule has 1 aromatic carbocycles. The standard InChI is InChI=1S/C14H18FNO3/c1-9-4-5-19-13(9)14(18)16-7-10-2-3-12(15)11(6-10)8-17/h2-3,6,9,13,17H,4-5,7-8H2,1H3,(H,16,18). The summed E-state index contributed by atoms with van der Waals surface area (Å²) < 4.78 is 18.6. The van der Waals surface area contributed by atoms with Crippen molar-refractivity contribution in [3.8, 4) is 0 Å². The number of carbonyl (C=O) groups is 1. The van der Waals surface area contributed by atoms with Gasteiger partial charge in [0.25, 0.3) is 0 Å². The quantitative estimate of drug-likeness (QED) is 0.866. The van der Waals surface area contributed by atoms with Crippen LogP contribution in [0.4, 0.5) is 4.39 Å². The van der Waals surface area contributed by atoms with E-state index in [2.05, 4.69) is 5.32 Å². The topological polar surface area (TPSA) is 58.6 Å². The number of amides is 1. The third kappa shape index (κ3) is 3.30. The zero-order valence-electron chi connectivity index (χ0n) is 10.9. The highest BCUT2D eigenvalue weighted by atomic mass is 19.1. The first-order valence-electron chi connectivity index (χ1n) is 6.39. The molecule has 104 valence electrons. The predicted octanol–water partition coefficient (Wildman–Crippen LogP) is 1.36. The number of hydrogen-bond acceptors (Lipinski definition) is 3. The Balaban J connectivity index is 1.93. The third-order valence-corrected chi connectivity index (χ3v) is 3.39. The first-order chi connectivity index (χ1) is 9.11. The van der Waals surface area contributed by atoms with Gasteiger partial charge in [0, 0.05) is 18.7 Å². The number of nitrogens with one attached hydrogen (secondary N) is 1. The first kappa shape index (κ1) is 14.0. The van der Waals surface area contributed by atoms with Crippen LogP contribution in [0.2, 0.25) is 0 Å². The van der Waals surface area contributed by atoms with Gasteiger partial charge in [-0.2, -0.15) is 0 Å². The van der Waals surface area contributed by atoms with Crippen molar-refractivity contribution in [3.63, 3.8) is 0 Å². The molecule has 19 heavy (non-hydrogen) atoms. The van der Waals surface area contributed by atoms with Crippen molar-refractivity contribution in [3.05, 3.63) is 35.1 Å². The van der Waals surface area contributed by atoms with Crippen molar-refractivity contribution < 1.29 is 19.0 Å². The molecule has 2 rings (SSSR count). The van der Waals surface area contributed by atoms with E-state index in [-0.39, 0.29) is 24.0 Å². The average Bonchev–Trinajstić information content (AvgIpc) is 2.83. The van der Waals surface area contributed by atoms with Gasteiger partial charge in [-0.1, -0.05) is 13.0 Å². The maximum Gasteiger partial charge on any atom is 0.249 e. The lowest BCUT2D eigenvalue weighted by Crippen LogP contribution is -2.36. The number of hydrogen-bond donors (Lipinski definition) is 2. The van der Waals surface area contributed by atoms with Crippen molar-refractivity contribution in [2.45, 2.75) is 32.6 Å². The summed E-state index contributed by atoms with van der Waals surface area (Å²) in [5, 5.41) is 11.8. The molecule has 1 fully saturated rings. The molecule has 1 aromatic rings. The van der Waals surface area contributed by atoms with E-state index in [0.717, 1.165) is 12.0 Å². The fourth-order valence-corrected chi connectivity index (χ4v) is 2.18. The summed E-state index contributed by atoms with van der Waals surface area (Å²) in [6.07, 6.45) is 0.501. The van der Waals surface area contributed by atoms with Gasteiger partial charge >= 0.3 is 0 Å². The molecular formula is C14H18FNO3. The molecule has 1 aliphatic heterocycles. The Morgan fingerprint density at radius 2 is 2.37 bits per heavy atom. The Kier molecular flexibility index (Phi) is 4.50. The number of aliphatic hydroxyl groups excluding tert-OH is 1. The zero-order chi connectivity index (χ0) is 13.8. The minimum atomic E-state index is -0.440. The van der Waals surface area contributed by atoms with Gasteiger partial charge in [0.15, 0.2) is 0 Å². The van der Waals surface area contributed by atoms with Gasteiger partial charge in [-0.25, -0.2) is 4.39 Å². The molecule has 2 N–H and O–H groups in total. The van der Waals surface area contributed by atoms with Crippen LogP contribution in [0, 0.1) is 11.7 Å². The Morgan fingerprint density at radius 3 is 3.00 bits per heavy atom. The summed E-state index contributed by atoms with van der Waals surface area (Å²) in [6.45, 7) is 2.55. The molecule has 0 radical (unpaired) electrons. The van der Waals surface area contributed by atoms with Crippen molar-refractivity contribution in [1.82, 2.24) is 5.32 Å². The van der Waals surface area contributed by atoms with Gasteiger partial charge < -0.3 is 15.2 Å². The van der Waals surface area contributed by atoms with Crippen LogP contribution < -0.4 is 5.32 Å². The second kappa shape index (κ2) is 6.12. The van der Waals surface area contributed by atoms with Crippen LogP contribution in [0.25, 0.3) is 0 Å². The second-order valence-electron chi connectivity index (χ2n) is 4.86. The van der Waals surface area contributed by atoms with Crippen LogP contribution in [0.5, 0.6) is 0 Å². The molecule has 0 spiro atoms. The number of benzene rings is 1. The molecule has 0 bridgehead atoms. The Hall–Kier alpha value is -1.46. The molecule has 1 aliphatic rings. The minimum Gasteiger partial charge on any atom is -0.392 e. The molecule has 1 amide bonds. The molecule has 0 saturated carbocycles. The van der Waals surface area contributed by atoms with Crippen LogP contribution >= 0.6 is 0 Å². The lowest BCUT2D eigenvalue weighted by Gasteiger charge is -2.14. The second-order valence-corrected chi connectivity index (χ2v) is 4.86. The predicted molar refractivity (Wildman–Crippen MR) is 67.7 cm³/mol. The van der Waals surface area contributed by atoms with Gasteiger partial charge in [-0.15, -0.1) is 0 Å². The van der Waals surface area contributed by atoms with Crippen molar-refractivity contribution in [2.75, 3.05) is 6.61 Å². The fourth-order valence-electron chi connectivity index (χ4n) is 2.18. The Morgan fingerprint density at radius 1 is 1.58 bits per heavy atom. The third-order valence-electron chi connectivity index (χ3n) is 3.39. The highest BCUT2D eigenvalue weighted by Gasteiger charge is 2.30. The van der Waals surface area contributed by atoms with E-state index in [4.69, 9.17) is 9.84 Å². The largest absolute Gasteiger partial charge is 0.392 e. The number of halogens is 1. The lowest BCUT2D eigenvalue weighted by molar-refractivity contribution is -0.131. The first-order valence-corrected chi connectivity index (χ1v) is 6.39. The summed E-state index contributed by atoms with van der Waals surface area (Å²) in [4.78, 5) is 11.9. The van der Waals surface area contributed by atoms with Crippen molar-refractivity contribution >= 4 is 5.91 Å². The molecule has 0 aliphatic carbocycles. The van der Waals surface area contributed by atoms with Crippen molar-refractivity contribution in [2.24, 2.45) is 5.92 Å². The number of aliphatic hydroxyl groups is 1. The van der Waals surface area contributed by atoms with E-state index in [0.29, 0.717) is 13.2 Å². The average molecular weight is 267 g/mol. The summed E-state index contributed by atoms with van der Waals surface area (Å²) in [7, 11) is 0. The van der Waals surface area contributed by atoms with Crippen LogP contribution in [0.3, 0.4) is 0 Å². The van der Waals surface area contributed by atoms with E-state index < -0.39 is 11.9 Å². The SMILES string of the molecule is CC1CCOC1C(=O)NCc1ccc(F)c(CO)c1.